The van der Waals surface area contributed by atoms with E-state index in [0.29, 0.717) is 0 Å². The van der Waals surface area contributed by atoms with Gasteiger partial charge in [-0.15, -0.1) is 0 Å². The zero-order valence-corrected chi connectivity index (χ0v) is 9.72. The third kappa shape index (κ3) is 4.04. The molecule has 1 aliphatic carbocycles. The summed E-state index contributed by atoms with van der Waals surface area (Å²) in [6, 6.07) is 0. The monoisotopic (exact) mass is 234 g/mol. The number of nitrogens with two attached hydrogens (primary N) is 1. The van der Waals surface area contributed by atoms with Gasteiger partial charge in [0.25, 0.3) is 6.43 Å². The first-order valence-electron chi connectivity index (χ1n) is 5.74. The van der Waals surface area contributed by atoms with E-state index >= 15 is 0 Å². The molecule has 0 atom stereocenters. The van der Waals surface area contributed by atoms with Gasteiger partial charge in [0.1, 0.15) is 0 Å². The summed E-state index contributed by atoms with van der Waals surface area (Å²) in [5, 5.41) is 0. The molecule has 16 heavy (non-hydrogen) atoms. The fraction of sp³-hybridized carbons (Fsp3) is 0.909. The van der Waals surface area contributed by atoms with Crippen LogP contribution in [-0.2, 0) is 4.79 Å². The van der Waals surface area contributed by atoms with Gasteiger partial charge in [0.15, 0.2) is 0 Å². The molecule has 1 rings (SSSR count). The molecule has 0 aliphatic heterocycles. The number of alkyl halides is 2. The Labute approximate surface area is 95.0 Å². The van der Waals surface area contributed by atoms with E-state index in [2.05, 4.69) is 0 Å². The largest absolute Gasteiger partial charge is 0.340 e. The molecule has 0 unspecified atom stereocenters. The van der Waals surface area contributed by atoms with Crippen molar-refractivity contribution in [3.8, 4) is 0 Å². The van der Waals surface area contributed by atoms with Gasteiger partial charge >= 0.3 is 0 Å². The molecule has 0 radical (unpaired) electrons. The van der Waals surface area contributed by atoms with Crippen molar-refractivity contribution in [3.63, 3.8) is 0 Å². The Hall–Kier alpha value is -0.710. The summed E-state index contributed by atoms with van der Waals surface area (Å²) >= 11 is 0. The molecular formula is C11H20F2N2O. The van der Waals surface area contributed by atoms with Crippen LogP contribution in [0.15, 0.2) is 0 Å². The second-order valence-corrected chi connectivity index (χ2v) is 4.77. The molecule has 3 nitrogen and oxygen atoms in total. The van der Waals surface area contributed by atoms with Crippen LogP contribution in [0.1, 0.15) is 38.5 Å². The van der Waals surface area contributed by atoms with Gasteiger partial charge in [0, 0.05) is 19.0 Å². The van der Waals surface area contributed by atoms with E-state index in [-0.39, 0.29) is 12.3 Å². The average molecular weight is 234 g/mol. The number of hydrogen-bond acceptors (Lipinski definition) is 2. The lowest BCUT2D eigenvalue weighted by atomic mass is 9.80. The van der Waals surface area contributed by atoms with Crippen molar-refractivity contribution in [1.82, 2.24) is 4.90 Å². The average Bonchev–Trinajstić information content (AvgIpc) is 2.16. The minimum absolute atomic E-state index is 0.191. The fourth-order valence-electron chi connectivity index (χ4n) is 2.18. The minimum Gasteiger partial charge on any atom is -0.340 e. The molecule has 0 saturated heterocycles. The highest BCUT2D eigenvalue weighted by Crippen LogP contribution is 2.29. The zero-order valence-electron chi connectivity index (χ0n) is 9.72. The van der Waals surface area contributed by atoms with E-state index in [9.17, 15) is 13.6 Å². The summed E-state index contributed by atoms with van der Waals surface area (Å²) in [5.41, 5.74) is 5.63. The number of carbonyl (C=O) groups excluding carboxylic acids is 1. The van der Waals surface area contributed by atoms with Gasteiger partial charge in [-0.1, -0.05) is 19.3 Å². The lowest BCUT2D eigenvalue weighted by Crippen LogP contribution is -2.46. The van der Waals surface area contributed by atoms with Crippen molar-refractivity contribution in [2.45, 2.75) is 50.5 Å². The standard InChI is InChI=1S/C11H20F2N2O/c1-15(8-9(12)13)10(16)7-11(14)5-3-2-4-6-11/h9H,2-8,14H2,1H3. The van der Waals surface area contributed by atoms with Gasteiger partial charge in [-0.25, -0.2) is 8.78 Å². The van der Waals surface area contributed by atoms with Gasteiger partial charge in [-0.2, -0.15) is 0 Å². The molecule has 0 heterocycles. The van der Waals surface area contributed by atoms with E-state index in [1.54, 1.807) is 0 Å². The highest BCUT2D eigenvalue weighted by molar-refractivity contribution is 5.77. The first kappa shape index (κ1) is 13.4. The van der Waals surface area contributed by atoms with Crippen LogP contribution in [0.4, 0.5) is 8.78 Å². The van der Waals surface area contributed by atoms with Crippen LogP contribution in [-0.4, -0.2) is 36.4 Å². The molecule has 5 heteroatoms. The molecule has 1 aliphatic rings. The van der Waals surface area contributed by atoms with Gasteiger partial charge in [-0.05, 0) is 12.8 Å². The van der Waals surface area contributed by atoms with Crippen molar-refractivity contribution in [2.75, 3.05) is 13.6 Å². The zero-order chi connectivity index (χ0) is 12.2. The van der Waals surface area contributed by atoms with Gasteiger partial charge in [-0.3, -0.25) is 4.79 Å². The van der Waals surface area contributed by atoms with Crippen LogP contribution in [0, 0.1) is 0 Å². The number of carbonyl (C=O) groups is 1. The van der Waals surface area contributed by atoms with Crippen molar-refractivity contribution >= 4 is 5.91 Å². The summed E-state index contributed by atoms with van der Waals surface area (Å²) < 4.78 is 24.2. The third-order valence-corrected chi connectivity index (χ3v) is 3.19. The molecule has 0 aromatic heterocycles. The summed E-state index contributed by atoms with van der Waals surface area (Å²) in [6.45, 7) is -0.505. The highest BCUT2D eigenvalue weighted by Gasteiger charge is 2.31. The number of nitrogens with zero attached hydrogens (tertiary/aromatic N) is 1. The molecule has 1 saturated carbocycles. The number of hydrogen-bond donors (Lipinski definition) is 1. The highest BCUT2D eigenvalue weighted by atomic mass is 19.3. The molecule has 1 fully saturated rings. The molecule has 94 valence electrons. The summed E-state index contributed by atoms with van der Waals surface area (Å²) in [6.07, 6.45) is 2.57. The van der Waals surface area contributed by atoms with Crippen LogP contribution >= 0.6 is 0 Å². The first-order chi connectivity index (χ1) is 7.43. The quantitative estimate of drug-likeness (QED) is 0.805. The molecule has 0 spiro atoms. The minimum atomic E-state index is -2.48. The number of rotatable bonds is 4. The molecule has 0 aromatic carbocycles. The lowest BCUT2D eigenvalue weighted by molar-refractivity contribution is -0.133. The van der Waals surface area contributed by atoms with Crippen LogP contribution in [0.2, 0.25) is 0 Å². The Morgan fingerprint density at radius 2 is 1.94 bits per heavy atom. The Bertz CT molecular complexity index is 240. The lowest BCUT2D eigenvalue weighted by Gasteiger charge is -2.34. The predicted octanol–water partition coefficient (Wildman–Crippen LogP) is 1.76. The number of amides is 1. The molecular weight excluding hydrogens is 214 g/mol. The molecule has 0 bridgehead atoms. The Morgan fingerprint density at radius 1 is 1.38 bits per heavy atom. The van der Waals surface area contributed by atoms with Gasteiger partial charge in [0.05, 0.1) is 6.54 Å². The Balaban J connectivity index is 2.43. The SMILES string of the molecule is CN(CC(F)F)C(=O)CC1(N)CCCCC1. The van der Waals surface area contributed by atoms with E-state index in [0.717, 1.165) is 37.0 Å². The van der Waals surface area contributed by atoms with Crippen LogP contribution in [0.3, 0.4) is 0 Å². The third-order valence-electron chi connectivity index (χ3n) is 3.19. The maximum Gasteiger partial charge on any atom is 0.255 e. The van der Waals surface area contributed by atoms with E-state index in [4.69, 9.17) is 5.73 Å². The van der Waals surface area contributed by atoms with Crippen LogP contribution in [0.25, 0.3) is 0 Å². The summed E-state index contributed by atoms with van der Waals surface area (Å²) in [4.78, 5) is 12.7. The van der Waals surface area contributed by atoms with Crippen molar-refractivity contribution in [1.29, 1.82) is 0 Å². The normalized spacial score (nSPS) is 19.8. The topological polar surface area (TPSA) is 46.3 Å². The second-order valence-electron chi connectivity index (χ2n) is 4.77. The maximum absolute atomic E-state index is 12.1. The molecule has 2 N–H and O–H groups in total. The first-order valence-corrected chi connectivity index (χ1v) is 5.74. The smallest absolute Gasteiger partial charge is 0.255 e. The Kier molecular flexibility index (Phi) is 4.65. The second kappa shape index (κ2) is 5.57. The van der Waals surface area contributed by atoms with Crippen molar-refractivity contribution in [3.05, 3.63) is 0 Å². The van der Waals surface area contributed by atoms with Crippen LogP contribution in [0.5, 0.6) is 0 Å². The van der Waals surface area contributed by atoms with Gasteiger partial charge < -0.3 is 10.6 Å². The molecule has 0 aromatic rings. The van der Waals surface area contributed by atoms with Crippen molar-refractivity contribution in [2.24, 2.45) is 5.73 Å². The van der Waals surface area contributed by atoms with E-state index < -0.39 is 18.5 Å². The summed E-state index contributed by atoms with van der Waals surface area (Å²) in [7, 11) is 1.40. The summed E-state index contributed by atoms with van der Waals surface area (Å²) in [5.74, 6) is -0.273. The Morgan fingerprint density at radius 3 is 2.44 bits per heavy atom. The van der Waals surface area contributed by atoms with Crippen LogP contribution < -0.4 is 5.73 Å². The fourth-order valence-corrected chi connectivity index (χ4v) is 2.18. The molecule has 1 amide bonds. The van der Waals surface area contributed by atoms with E-state index in [1.807, 2.05) is 0 Å². The predicted molar refractivity (Wildman–Crippen MR) is 58.3 cm³/mol. The van der Waals surface area contributed by atoms with E-state index in [1.165, 1.54) is 7.05 Å². The maximum atomic E-state index is 12.1. The van der Waals surface area contributed by atoms with Gasteiger partial charge in [0.2, 0.25) is 5.91 Å². The number of halogens is 2. The van der Waals surface area contributed by atoms with Crippen molar-refractivity contribution < 1.29 is 13.6 Å².